The van der Waals surface area contributed by atoms with Crippen LogP contribution in [-0.4, -0.2) is 45.2 Å². The predicted molar refractivity (Wildman–Crippen MR) is 107 cm³/mol. The van der Waals surface area contributed by atoms with E-state index in [1.54, 1.807) is 12.1 Å². The molecule has 2 aromatic carbocycles. The number of likely N-dealkylation sites (tertiary alicyclic amines) is 1. The average molecular weight is 377 g/mol. The molecule has 0 aliphatic carbocycles. The third-order valence-corrected chi connectivity index (χ3v) is 5.06. The molecule has 7 heteroatoms. The fraction of sp³-hybridized carbons (Fsp3) is 0.286. The largest absolute Gasteiger partial charge is 0.348 e. The molecule has 1 saturated heterocycles. The molecule has 2 heterocycles. The fourth-order valence-corrected chi connectivity index (χ4v) is 3.63. The lowest BCUT2D eigenvalue weighted by atomic mass is 10.1. The van der Waals surface area contributed by atoms with Crippen molar-refractivity contribution in [3.05, 3.63) is 82.5 Å². The summed E-state index contributed by atoms with van der Waals surface area (Å²) in [5.41, 5.74) is 1.35. The van der Waals surface area contributed by atoms with Crippen molar-refractivity contribution in [1.29, 1.82) is 0 Å². The van der Waals surface area contributed by atoms with E-state index in [0.29, 0.717) is 12.2 Å². The van der Waals surface area contributed by atoms with Gasteiger partial charge >= 0.3 is 5.69 Å². The summed E-state index contributed by atoms with van der Waals surface area (Å²) in [7, 11) is 0. The van der Waals surface area contributed by atoms with Crippen LogP contribution in [0.25, 0.3) is 5.69 Å². The number of amides is 1. The molecule has 0 radical (unpaired) electrons. The van der Waals surface area contributed by atoms with Gasteiger partial charge in [0.15, 0.2) is 0 Å². The van der Waals surface area contributed by atoms with Crippen LogP contribution < -0.4 is 11.0 Å². The summed E-state index contributed by atoms with van der Waals surface area (Å²) in [6, 6.07) is 19.3. The first-order valence-corrected chi connectivity index (χ1v) is 9.54. The minimum absolute atomic E-state index is 0.0158. The molecule has 1 aromatic heterocycles. The van der Waals surface area contributed by atoms with Crippen molar-refractivity contribution in [2.24, 2.45) is 0 Å². The van der Waals surface area contributed by atoms with E-state index in [0.717, 1.165) is 13.1 Å². The Morgan fingerprint density at radius 1 is 1.04 bits per heavy atom. The van der Waals surface area contributed by atoms with Gasteiger partial charge in [-0.1, -0.05) is 48.5 Å². The van der Waals surface area contributed by atoms with Crippen molar-refractivity contribution < 1.29 is 4.79 Å². The second-order valence-corrected chi connectivity index (χ2v) is 6.91. The van der Waals surface area contributed by atoms with Gasteiger partial charge in [-0.2, -0.15) is 4.68 Å². The smallest absolute Gasteiger partial charge is 0.347 e. The van der Waals surface area contributed by atoms with E-state index in [1.807, 2.05) is 36.4 Å². The zero-order valence-corrected chi connectivity index (χ0v) is 15.5. The molecule has 2 N–H and O–H groups in total. The van der Waals surface area contributed by atoms with E-state index in [9.17, 15) is 9.59 Å². The van der Waals surface area contributed by atoms with Crippen molar-refractivity contribution >= 4 is 5.91 Å². The lowest BCUT2D eigenvalue weighted by Crippen LogP contribution is -2.37. The topological polar surface area (TPSA) is 83.0 Å². The Bertz CT molecular complexity index is 975. The van der Waals surface area contributed by atoms with E-state index in [2.05, 4.69) is 32.4 Å². The molecular weight excluding hydrogens is 354 g/mol. The number of aromatic nitrogens is 3. The molecule has 1 amide bonds. The maximum atomic E-state index is 12.6. The van der Waals surface area contributed by atoms with Crippen LogP contribution in [0, 0.1) is 0 Å². The van der Waals surface area contributed by atoms with Crippen LogP contribution in [0.2, 0.25) is 0 Å². The van der Waals surface area contributed by atoms with Gasteiger partial charge in [0, 0.05) is 6.54 Å². The first kappa shape index (κ1) is 18.2. The summed E-state index contributed by atoms with van der Waals surface area (Å²) in [6.45, 7) is 2.51. The number of hydrogen-bond donors (Lipinski definition) is 2. The van der Waals surface area contributed by atoms with Gasteiger partial charge in [-0.25, -0.2) is 4.79 Å². The molecule has 0 saturated carbocycles. The van der Waals surface area contributed by atoms with Crippen LogP contribution in [0.1, 0.15) is 35.1 Å². The molecule has 0 bridgehead atoms. The summed E-state index contributed by atoms with van der Waals surface area (Å²) < 4.78 is 1.20. The van der Waals surface area contributed by atoms with Crippen LogP contribution in [0.5, 0.6) is 0 Å². The van der Waals surface area contributed by atoms with Gasteiger partial charge in [0.2, 0.25) is 5.82 Å². The minimum Gasteiger partial charge on any atom is -0.347 e. The molecule has 144 valence electrons. The van der Waals surface area contributed by atoms with Gasteiger partial charge < -0.3 is 5.32 Å². The highest BCUT2D eigenvalue weighted by atomic mass is 16.2. The molecule has 3 aromatic rings. The third-order valence-electron chi connectivity index (χ3n) is 5.06. The number of carbonyl (C=O) groups excluding carboxylic acids is 1. The Balaban J connectivity index is 1.49. The lowest BCUT2D eigenvalue weighted by molar-refractivity contribution is 0.0927. The third kappa shape index (κ3) is 3.89. The fourth-order valence-electron chi connectivity index (χ4n) is 3.63. The maximum Gasteiger partial charge on any atom is 0.348 e. The van der Waals surface area contributed by atoms with Gasteiger partial charge in [-0.15, -0.1) is 5.10 Å². The van der Waals surface area contributed by atoms with E-state index in [4.69, 9.17) is 0 Å². The Kier molecular flexibility index (Phi) is 5.34. The van der Waals surface area contributed by atoms with Gasteiger partial charge in [-0.3, -0.25) is 14.7 Å². The summed E-state index contributed by atoms with van der Waals surface area (Å²) >= 11 is 0. The van der Waals surface area contributed by atoms with E-state index >= 15 is 0 Å². The Hall–Kier alpha value is -3.19. The zero-order chi connectivity index (χ0) is 19.3. The molecule has 1 fully saturated rings. The van der Waals surface area contributed by atoms with Crippen LogP contribution in [-0.2, 0) is 0 Å². The van der Waals surface area contributed by atoms with Crippen molar-refractivity contribution in [2.75, 3.05) is 19.6 Å². The summed E-state index contributed by atoms with van der Waals surface area (Å²) in [5.74, 6) is -0.367. The normalized spacial score (nSPS) is 15.4. The quantitative estimate of drug-likeness (QED) is 0.689. The molecule has 1 atom stereocenters. The van der Waals surface area contributed by atoms with Crippen LogP contribution >= 0.6 is 0 Å². The molecule has 7 nitrogen and oxygen atoms in total. The van der Waals surface area contributed by atoms with E-state index in [1.165, 1.54) is 23.1 Å². The van der Waals surface area contributed by atoms with Gasteiger partial charge in [-0.05, 0) is 43.6 Å². The molecule has 1 aliphatic rings. The van der Waals surface area contributed by atoms with Crippen molar-refractivity contribution in [3.63, 3.8) is 0 Å². The van der Waals surface area contributed by atoms with Crippen LogP contribution in [0.15, 0.2) is 65.5 Å². The summed E-state index contributed by atoms with van der Waals surface area (Å²) in [5, 5.41) is 7.09. The first-order valence-electron chi connectivity index (χ1n) is 9.54. The number of rotatable bonds is 6. The van der Waals surface area contributed by atoms with Crippen molar-refractivity contribution in [1.82, 2.24) is 25.0 Å². The highest BCUT2D eigenvalue weighted by Gasteiger charge is 2.24. The number of carbonyl (C=O) groups is 1. The number of nitrogens with zero attached hydrogens (tertiary/aromatic N) is 3. The predicted octanol–water partition coefficient (Wildman–Crippen LogP) is 2.13. The zero-order valence-electron chi connectivity index (χ0n) is 15.5. The number of benzene rings is 2. The van der Waals surface area contributed by atoms with Crippen LogP contribution in [0.3, 0.4) is 0 Å². The molecule has 1 unspecified atom stereocenters. The van der Waals surface area contributed by atoms with Gasteiger partial charge in [0.05, 0.1) is 11.7 Å². The summed E-state index contributed by atoms with van der Waals surface area (Å²) in [6.07, 6.45) is 2.35. The van der Waals surface area contributed by atoms with Gasteiger partial charge in [0.25, 0.3) is 5.91 Å². The first-order chi connectivity index (χ1) is 13.7. The highest BCUT2D eigenvalue weighted by molar-refractivity contribution is 5.90. The average Bonchev–Trinajstić information content (AvgIpc) is 3.40. The van der Waals surface area contributed by atoms with Crippen molar-refractivity contribution in [3.8, 4) is 5.69 Å². The Morgan fingerprint density at radius 2 is 1.68 bits per heavy atom. The Morgan fingerprint density at radius 3 is 2.36 bits per heavy atom. The lowest BCUT2D eigenvalue weighted by Gasteiger charge is -2.28. The number of H-pyrrole nitrogens is 1. The monoisotopic (exact) mass is 377 g/mol. The second-order valence-electron chi connectivity index (χ2n) is 6.91. The second kappa shape index (κ2) is 8.22. The van der Waals surface area contributed by atoms with Crippen molar-refractivity contribution in [2.45, 2.75) is 18.9 Å². The molecule has 4 rings (SSSR count). The number of para-hydroxylation sites is 1. The minimum atomic E-state index is -0.435. The SMILES string of the molecule is O=C(NCC(c1ccccc1)N1CCCC1)c1nn(-c2ccccc2)c(=O)[nH]1. The standard InChI is InChI=1S/C21H23N5O2/c27-20(19-23-21(28)26(24-19)17-11-5-2-6-12-17)22-15-18(25-13-7-8-14-25)16-9-3-1-4-10-16/h1-6,9-12,18H,7-8,13-15H2,(H,22,27)(H,23,24,28). The maximum absolute atomic E-state index is 12.6. The Labute approximate surface area is 163 Å². The number of aromatic amines is 1. The highest BCUT2D eigenvalue weighted by Crippen LogP contribution is 2.24. The molecule has 0 spiro atoms. The molecule has 1 aliphatic heterocycles. The number of nitrogens with one attached hydrogen (secondary N) is 2. The molecular formula is C21H23N5O2. The molecule has 28 heavy (non-hydrogen) atoms. The summed E-state index contributed by atoms with van der Waals surface area (Å²) in [4.78, 5) is 29.7. The van der Waals surface area contributed by atoms with E-state index < -0.39 is 5.69 Å². The number of hydrogen-bond acceptors (Lipinski definition) is 4. The van der Waals surface area contributed by atoms with E-state index in [-0.39, 0.29) is 17.8 Å². The van der Waals surface area contributed by atoms with Gasteiger partial charge in [0.1, 0.15) is 0 Å². The van der Waals surface area contributed by atoms with Crippen LogP contribution in [0.4, 0.5) is 0 Å².